The molecule has 9 N–H and O–H groups in total. The lowest BCUT2D eigenvalue weighted by Gasteiger charge is -2.21. The number of anilines is 3. The molecule has 130 heavy (non-hydrogen) atoms. The molecule has 15 atom stereocenters. The first-order valence-corrected chi connectivity index (χ1v) is 41.2. The molecule has 0 saturated carbocycles. The number of para-hydroxylation sites is 2. The molecule has 12 heterocycles. The molecule has 0 radical (unpaired) electrons. The number of rotatable bonds is 29. The van der Waals surface area contributed by atoms with E-state index < -0.39 is 128 Å². The average Bonchev–Trinajstić information content (AvgIpc) is 1.60. The van der Waals surface area contributed by atoms with Crippen LogP contribution in [-0.4, -0.2) is 237 Å². The van der Waals surface area contributed by atoms with Crippen LogP contribution in [0.25, 0.3) is 51.7 Å². The zero-order chi connectivity index (χ0) is 90.3. The third-order valence-corrected chi connectivity index (χ3v) is 21.1. The quantitative estimate of drug-likeness (QED) is 0.0210. The summed E-state index contributed by atoms with van der Waals surface area (Å²) >= 11 is 0. The SMILES string of the molecule is CCNC(=O)Nc1ncnc2c1ncn2C1OC(COc2c(OC)cccc2C(=O)O)C2O[C@H](/C=C/c3ccccc3)OC21.CCNC(=O)Nc1ncnc2c1ncn2C1OC(COc2cc(OC)ccc2C(=O)O)C2O[C@H](/C=C/c3ccccc3)OC21.CCNC(=O)Nc1ncnc2c1ncn2C1OC(COc2ccccc2C(=O)O)C2O[C@H](/C=C/c3ccccc3)OC21. The molecule has 6 fully saturated rings. The fourth-order valence-corrected chi connectivity index (χ4v) is 15.2. The Kier molecular flexibility index (Phi) is 27.8. The summed E-state index contributed by atoms with van der Waals surface area (Å²) in [6, 6.07) is 43.5. The Morgan fingerprint density at radius 1 is 0.369 bits per heavy atom. The molecular weight excluding hydrogens is 1690 g/mol. The number of fused-ring (bicyclic) bond motifs is 6. The summed E-state index contributed by atoms with van der Waals surface area (Å²) in [4.78, 5) is 111. The number of imidazole rings is 3. The summed E-state index contributed by atoms with van der Waals surface area (Å²) < 4.78 is 90.7. The van der Waals surface area contributed by atoms with Crippen LogP contribution < -0.4 is 55.6 Å². The molecule has 6 aromatic heterocycles. The number of carboxylic acid groups (broad SMARTS) is 3. The summed E-state index contributed by atoms with van der Waals surface area (Å²) in [6.45, 7) is 6.65. The van der Waals surface area contributed by atoms with Crippen molar-refractivity contribution in [1.82, 2.24) is 74.5 Å². The van der Waals surface area contributed by atoms with Crippen molar-refractivity contribution < 1.29 is 110 Å². The summed E-state index contributed by atoms with van der Waals surface area (Å²) in [5, 5.41) is 45.0. The van der Waals surface area contributed by atoms with Crippen LogP contribution in [0.4, 0.5) is 31.8 Å². The van der Waals surface area contributed by atoms with E-state index in [0.717, 1.165) is 16.7 Å². The molecule has 18 rings (SSSR count). The van der Waals surface area contributed by atoms with E-state index in [4.69, 9.17) is 66.3 Å². The number of urea groups is 3. The van der Waals surface area contributed by atoms with Gasteiger partial charge in [-0.2, -0.15) is 0 Å². The van der Waals surface area contributed by atoms with E-state index in [1.807, 2.05) is 134 Å². The van der Waals surface area contributed by atoms with Crippen molar-refractivity contribution >= 4 is 105 Å². The molecule has 0 aliphatic carbocycles. The standard InChI is InChI=1S/2C30H30N6O8.C29H28N6O7/c1-3-31-30(39)35-26-22-27(33-15-32-26)36(16-34-22)28-25-24(43-21(44-25)13-12-17-8-5-4-6-9-17)20(42-28)14-41-23-18(29(37)38)10-7-11-19(23)40-2;1-3-31-30(39)35-26-23-27(33-15-32-26)36(16-34-23)28-25-24(43-22(44-25)12-9-17-7-5-4-6-8-17)21(42-28)14-41-20-13-18(40-2)10-11-19(20)29(37)38;1-2-30-29(38)34-25-22-26(32-15-31-25)35(16-33-22)27-24-23(41-21(42-24)13-12-17-8-4-3-5-9-17)20(40-27)14-39-19-11-7-6-10-18(19)28(36)37/h4-13,15-16,20-21,24-25,28H,3,14H2,1-2H3,(H,37,38)(H2,31,32,33,35,39);4-13,15-16,21-22,24-25,28H,3,14H2,1-2H3,(H,37,38)(H2,31,32,33,35,39);3-13,15-16,20-21,23-24,27H,2,14H2,1H3,(H,36,37)(H2,30,31,32,34,38)/b13-12+;12-9+;13-12+/t20?,21-,24?,25?,28?;21?,22-,24?,25?,28?;20?,21-,23?,24?,27?/m000/s1. The topological polar surface area (TPSA) is 495 Å². The number of benzene rings is 6. The fourth-order valence-electron chi connectivity index (χ4n) is 15.2. The van der Waals surface area contributed by atoms with Gasteiger partial charge in [0.05, 0.1) is 33.2 Å². The van der Waals surface area contributed by atoms with Crippen molar-refractivity contribution in [3.8, 4) is 28.7 Å². The van der Waals surface area contributed by atoms with Crippen molar-refractivity contribution in [2.75, 3.05) is 69.6 Å². The van der Waals surface area contributed by atoms with Crippen molar-refractivity contribution in [3.63, 3.8) is 0 Å². The molecule has 41 nitrogen and oxygen atoms in total. The first kappa shape index (κ1) is 88.5. The lowest BCUT2D eigenvalue weighted by atomic mass is 10.1. The predicted octanol–water partition coefficient (Wildman–Crippen LogP) is 10.4. The number of carbonyl (C=O) groups excluding carboxylic acids is 3. The number of nitrogens with one attached hydrogen (secondary N) is 6. The molecule has 0 spiro atoms. The normalized spacial score (nSPS) is 22.8. The smallest absolute Gasteiger partial charge is 0.339 e. The Hall–Kier alpha value is -15.0. The van der Waals surface area contributed by atoms with E-state index in [2.05, 4.69) is 76.8 Å². The van der Waals surface area contributed by atoms with Crippen molar-refractivity contribution in [1.29, 1.82) is 0 Å². The number of ether oxygens (including phenoxy) is 14. The van der Waals surface area contributed by atoms with Crippen LogP contribution >= 0.6 is 0 Å². The summed E-state index contributed by atoms with van der Waals surface area (Å²) in [6.07, 6.45) is 9.99. The van der Waals surface area contributed by atoms with Crippen molar-refractivity contribution in [2.24, 2.45) is 0 Å². The van der Waals surface area contributed by atoms with Gasteiger partial charge in [0.2, 0.25) is 0 Å². The van der Waals surface area contributed by atoms with E-state index in [1.165, 1.54) is 70.1 Å². The molecule has 672 valence electrons. The zero-order valence-corrected chi connectivity index (χ0v) is 70.1. The highest BCUT2D eigenvalue weighted by Gasteiger charge is 2.57. The largest absolute Gasteiger partial charge is 0.497 e. The van der Waals surface area contributed by atoms with E-state index in [1.54, 1.807) is 70.3 Å². The van der Waals surface area contributed by atoms with Crippen molar-refractivity contribution in [2.45, 2.75) is 113 Å². The molecule has 12 unspecified atom stereocenters. The highest BCUT2D eigenvalue weighted by molar-refractivity contribution is 5.98. The van der Waals surface area contributed by atoms with Crippen LogP contribution in [-0.2, 0) is 42.6 Å². The Balaban J connectivity index is 0.000000143. The van der Waals surface area contributed by atoms with E-state index >= 15 is 0 Å². The van der Waals surface area contributed by atoms with Crippen molar-refractivity contribution in [3.05, 3.63) is 241 Å². The predicted molar refractivity (Wildman–Crippen MR) is 463 cm³/mol. The van der Waals surface area contributed by atoms with E-state index in [9.17, 15) is 44.1 Å². The number of methoxy groups -OCH3 is 2. The van der Waals surface area contributed by atoms with Gasteiger partial charge in [-0.15, -0.1) is 0 Å². The monoisotopic (exact) mass is 1780 g/mol. The van der Waals surface area contributed by atoms with Crippen LogP contribution in [0.5, 0.6) is 28.7 Å². The molecular formula is C89H88N18O23. The van der Waals surface area contributed by atoms with Gasteiger partial charge < -0.3 is 97.6 Å². The summed E-state index contributed by atoms with van der Waals surface area (Å²) in [5.41, 5.74) is 5.25. The molecule has 41 heteroatoms. The molecule has 6 aliphatic rings. The van der Waals surface area contributed by atoms with Crippen LogP contribution in [0.15, 0.2) is 208 Å². The van der Waals surface area contributed by atoms with Gasteiger partial charge in [-0.25, -0.2) is 73.6 Å². The van der Waals surface area contributed by atoms with Crippen LogP contribution in [0.3, 0.4) is 0 Å². The second kappa shape index (κ2) is 40.8. The van der Waals surface area contributed by atoms with E-state index in [0.29, 0.717) is 58.9 Å². The second-order valence-corrected chi connectivity index (χ2v) is 29.4. The third-order valence-electron chi connectivity index (χ3n) is 21.1. The highest BCUT2D eigenvalue weighted by Crippen LogP contribution is 2.46. The van der Waals surface area contributed by atoms with Crippen LogP contribution in [0.1, 0.15) is 87.2 Å². The molecule has 6 aliphatic heterocycles. The highest BCUT2D eigenvalue weighted by atomic mass is 16.8. The van der Waals surface area contributed by atoms with Gasteiger partial charge >= 0.3 is 36.0 Å². The number of hydrogen-bond donors (Lipinski definition) is 9. The Labute approximate surface area is 739 Å². The molecule has 6 amide bonds. The zero-order valence-electron chi connectivity index (χ0n) is 70.1. The average molecular weight is 1780 g/mol. The summed E-state index contributed by atoms with van der Waals surface area (Å²) in [5.74, 6) is -1.54. The number of aromatic carboxylic acids is 3. The molecule has 12 aromatic rings. The number of hydrogen-bond acceptors (Lipinski definition) is 29. The minimum absolute atomic E-state index is 0.00600. The number of aromatic nitrogens is 12. The minimum atomic E-state index is -1.16. The van der Waals surface area contributed by atoms with Crippen LogP contribution in [0, 0.1) is 0 Å². The molecule has 0 bridgehead atoms. The van der Waals surface area contributed by atoms with Gasteiger partial charge in [0.25, 0.3) is 0 Å². The van der Waals surface area contributed by atoms with Gasteiger partial charge in [-0.05, 0) is 92.1 Å². The lowest BCUT2D eigenvalue weighted by molar-refractivity contribution is -0.131. The molecule has 6 aromatic carbocycles. The first-order valence-electron chi connectivity index (χ1n) is 41.2. The number of nitrogens with zero attached hydrogens (tertiary/aromatic N) is 12. The Bertz CT molecular complexity index is 6130. The minimum Gasteiger partial charge on any atom is -0.497 e. The Morgan fingerprint density at radius 3 is 1.09 bits per heavy atom. The fraction of sp³-hybridized carbons (Fsp3) is 0.292. The number of amides is 6. The number of carboxylic acids is 3. The maximum Gasteiger partial charge on any atom is 0.339 e. The number of carbonyl (C=O) groups is 6. The maximum absolute atomic E-state index is 12.2. The Morgan fingerprint density at radius 2 is 0.715 bits per heavy atom. The van der Waals surface area contributed by atoms with Gasteiger partial charge in [-0.3, -0.25) is 29.7 Å². The van der Waals surface area contributed by atoms with Gasteiger partial charge in [0, 0.05) is 25.7 Å². The molecule has 6 saturated heterocycles. The lowest BCUT2D eigenvalue weighted by Crippen LogP contribution is -2.33. The summed E-state index contributed by atoms with van der Waals surface area (Å²) in [7, 11) is 2.92. The van der Waals surface area contributed by atoms with Crippen LogP contribution in [0.2, 0.25) is 0 Å². The van der Waals surface area contributed by atoms with E-state index in [-0.39, 0.29) is 77.0 Å². The second-order valence-electron chi connectivity index (χ2n) is 29.4. The maximum atomic E-state index is 12.2. The van der Waals surface area contributed by atoms with Gasteiger partial charge in [0.15, 0.2) is 100.0 Å². The third kappa shape index (κ3) is 19.9. The van der Waals surface area contributed by atoms with Gasteiger partial charge in [0.1, 0.15) is 128 Å². The van der Waals surface area contributed by atoms with Gasteiger partial charge in [-0.1, -0.05) is 127 Å². The first-order chi connectivity index (χ1) is 63.4.